The number of nitrogens with zero attached hydrogens (tertiary/aromatic N) is 2. The number of hydrogen-bond donors (Lipinski definition) is 0. The van der Waals surface area contributed by atoms with Crippen LogP contribution in [0.2, 0.25) is 0 Å². The van der Waals surface area contributed by atoms with Crippen LogP contribution in [-0.2, 0) is 12.8 Å². The molecule has 2 aromatic heterocycles. The van der Waals surface area contributed by atoms with Gasteiger partial charge in [0.05, 0.1) is 6.20 Å². The molecule has 0 aliphatic carbocycles. The fourth-order valence-electron chi connectivity index (χ4n) is 1.97. The van der Waals surface area contributed by atoms with Gasteiger partial charge in [0.2, 0.25) is 5.88 Å². The first-order valence-corrected chi connectivity index (χ1v) is 5.39. The molecular weight excluding hydrogens is 200 g/mol. The third kappa shape index (κ3) is 1.54. The molecule has 3 rings (SSSR count). The number of ether oxygens (including phenoxy) is 1. The first-order valence-electron chi connectivity index (χ1n) is 5.39. The van der Waals surface area contributed by atoms with E-state index in [2.05, 4.69) is 16.0 Å². The summed E-state index contributed by atoms with van der Waals surface area (Å²) in [6.45, 7) is 2.05. The highest BCUT2D eigenvalue weighted by Crippen LogP contribution is 2.31. The van der Waals surface area contributed by atoms with Gasteiger partial charge < -0.3 is 4.74 Å². The molecule has 3 nitrogen and oxygen atoms in total. The Kier molecular flexibility index (Phi) is 2.10. The summed E-state index contributed by atoms with van der Waals surface area (Å²) in [6.07, 6.45) is 7.35. The van der Waals surface area contributed by atoms with E-state index in [0.717, 1.165) is 24.5 Å². The van der Waals surface area contributed by atoms with Gasteiger partial charge in [-0.15, -0.1) is 0 Å². The van der Waals surface area contributed by atoms with E-state index in [1.54, 1.807) is 12.4 Å². The highest BCUT2D eigenvalue weighted by Gasteiger charge is 2.15. The van der Waals surface area contributed by atoms with E-state index in [0.29, 0.717) is 0 Å². The molecular formula is C13H12N2O. The lowest BCUT2D eigenvalue weighted by Crippen LogP contribution is -1.92. The molecule has 1 aliphatic rings. The smallest absolute Gasteiger partial charge is 0.222 e. The molecule has 0 fully saturated rings. The van der Waals surface area contributed by atoms with E-state index < -0.39 is 0 Å². The topological polar surface area (TPSA) is 35.0 Å². The minimum Gasteiger partial charge on any atom is -0.437 e. The van der Waals surface area contributed by atoms with Crippen LogP contribution in [0.5, 0.6) is 11.6 Å². The molecule has 0 atom stereocenters. The van der Waals surface area contributed by atoms with Crippen molar-refractivity contribution < 1.29 is 4.74 Å². The first kappa shape index (κ1) is 9.33. The van der Waals surface area contributed by atoms with Crippen LogP contribution < -0.4 is 4.74 Å². The van der Waals surface area contributed by atoms with Gasteiger partial charge in [0, 0.05) is 18.0 Å². The molecule has 0 aromatic carbocycles. The molecule has 0 unspecified atom stereocenters. The molecule has 16 heavy (non-hydrogen) atoms. The third-order valence-corrected chi connectivity index (χ3v) is 2.80. The predicted molar refractivity (Wildman–Crippen MR) is 60.7 cm³/mol. The predicted octanol–water partition coefficient (Wildman–Crippen LogP) is 2.68. The molecule has 3 heterocycles. The van der Waals surface area contributed by atoms with Crippen molar-refractivity contribution in [2.24, 2.45) is 0 Å². The van der Waals surface area contributed by atoms with Crippen molar-refractivity contribution >= 4 is 0 Å². The highest BCUT2D eigenvalue weighted by molar-refractivity contribution is 5.40. The van der Waals surface area contributed by atoms with Gasteiger partial charge >= 0.3 is 0 Å². The van der Waals surface area contributed by atoms with Crippen LogP contribution in [0.4, 0.5) is 0 Å². The molecule has 80 valence electrons. The molecule has 0 saturated heterocycles. The maximum absolute atomic E-state index is 5.78. The molecule has 0 saturated carbocycles. The van der Waals surface area contributed by atoms with Crippen LogP contribution in [0.1, 0.15) is 16.7 Å². The van der Waals surface area contributed by atoms with Crippen molar-refractivity contribution in [3.63, 3.8) is 0 Å². The second-order valence-electron chi connectivity index (χ2n) is 4.06. The summed E-state index contributed by atoms with van der Waals surface area (Å²) in [5.41, 5.74) is 3.55. The van der Waals surface area contributed by atoms with Gasteiger partial charge in [-0.1, -0.05) is 0 Å². The number of rotatable bonds is 0. The Morgan fingerprint density at radius 1 is 1.19 bits per heavy atom. The minimum absolute atomic E-state index is 0.720. The second-order valence-corrected chi connectivity index (χ2v) is 4.06. The molecule has 0 radical (unpaired) electrons. The van der Waals surface area contributed by atoms with Crippen molar-refractivity contribution in [2.45, 2.75) is 19.8 Å². The zero-order valence-corrected chi connectivity index (χ0v) is 9.10. The van der Waals surface area contributed by atoms with Gasteiger partial charge in [-0.2, -0.15) is 0 Å². The Morgan fingerprint density at radius 2 is 2.06 bits per heavy atom. The van der Waals surface area contributed by atoms with Crippen LogP contribution in [0.15, 0.2) is 30.7 Å². The van der Waals surface area contributed by atoms with Crippen LogP contribution in [-0.4, -0.2) is 9.97 Å². The average molecular weight is 212 g/mol. The van der Waals surface area contributed by atoms with Crippen LogP contribution in [0.25, 0.3) is 0 Å². The number of aryl methyl sites for hydroxylation is 3. The minimum atomic E-state index is 0.720. The fraction of sp³-hybridized carbons (Fsp3) is 0.231. The molecule has 3 heteroatoms. The maximum Gasteiger partial charge on any atom is 0.222 e. The lowest BCUT2D eigenvalue weighted by molar-refractivity contribution is 0.457. The molecule has 0 N–H and O–H groups in total. The fourth-order valence-corrected chi connectivity index (χ4v) is 1.97. The molecule has 1 aliphatic heterocycles. The quantitative estimate of drug-likeness (QED) is 0.673. The number of aromatic nitrogens is 2. The van der Waals surface area contributed by atoms with E-state index in [9.17, 15) is 0 Å². The van der Waals surface area contributed by atoms with E-state index in [4.69, 9.17) is 4.74 Å². The zero-order valence-electron chi connectivity index (χ0n) is 9.10. The maximum atomic E-state index is 5.78. The molecule has 0 bridgehead atoms. The SMILES string of the molecule is Cc1cnc2c(c1)CCc1ccncc1O2. The molecule has 0 amide bonds. The third-order valence-electron chi connectivity index (χ3n) is 2.80. The first-order chi connectivity index (χ1) is 7.83. The number of fused-ring (bicyclic) bond motifs is 2. The summed E-state index contributed by atoms with van der Waals surface area (Å²) in [7, 11) is 0. The Balaban J connectivity index is 2.08. The lowest BCUT2D eigenvalue weighted by atomic mass is 10.1. The zero-order chi connectivity index (χ0) is 11.0. The number of hydrogen-bond acceptors (Lipinski definition) is 3. The summed E-state index contributed by atoms with van der Waals surface area (Å²) >= 11 is 0. The largest absolute Gasteiger partial charge is 0.437 e. The van der Waals surface area contributed by atoms with Crippen LogP contribution in [0, 0.1) is 6.92 Å². The van der Waals surface area contributed by atoms with Gasteiger partial charge in [-0.3, -0.25) is 4.98 Å². The average Bonchev–Trinajstić information content (AvgIpc) is 2.48. The van der Waals surface area contributed by atoms with Crippen molar-refractivity contribution in [3.8, 4) is 11.6 Å². The summed E-state index contributed by atoms with van der Waals surface area (Å²) in [5, 5.41) is 0. The van der Waals surface area contributed by atoms with E-state index >= 15 is 0 Å². The Bertz CT molecular complexity index is 537. The van der Waals surface area contributed by atoms with Crippen molar-refractivity contribution in [1.29, 1.82) is 0 Å². The van der Waals surface area contributed by atoms with E-state index in [1.165, 1.54) is 16.7 Å². The van der Waals surface area contributed by atoms with Crippen LogP contribution >= 0.6 is 0 Å². The molecule has 0 spiro atoms. The van der Waals surface area contributed by atoms with Crippen molar-refractivity contribution in [3.05, 3.63) is 47.4 Å². The summed E-state index contributed by atoms with van der Waals surface area (Å²) in [5.74, 6) is 1.55. The van der Waals surface area contributed by atoms with Gasteiger partial charge in [-0.05, 0) is 43.0 Å². The van der Waals surface area contributed by atoms with Gasteiger partial charge in [0.1, 0.15) is 0 Å². The van der Waals surface area contributed by atoms with E-state index in [-0.39, 0.29) is 0 Å². The highest BCUT2D eigenvalue weighted by atomic mass is 16.5. The standard InChI is InChI=1S/C13H12N2O/c1-9-6-11-3-2-10-4-5-14-8-12(10)16-13(11)15-7-9/h4-8H,2-3H2,1H3. The normalized spacial score (nSPS) is 13.3. The lowest BCUT2D eigenvalue weighted by Gasteiger charge is -2.06. The Labute approximate surface area is 94.1 Å². The summed E-state index contributed by atoms with van der Waals surface area (Å²) < 4.78 is 5.78. The molecule has 2 aromatic rings. The van der Waals surface area contributed by atoms with Crippen molar-refractivity contribution in [1.82, 2.24) is 9.97 Å². The summed E-state index contributed by atoms with van der Waals surface area (Å²) in [6, 6.07) is 4.15. The summed E-state index contributed by atoms with van der Waals surface area (Å²) in [4.78, 5) is 8.41. The van der Waals surface area contributed by atoms with E-state index in [1.807, 2.05) is 19.2 Å². The second kappa shape index (κ2) is 3.59. The Hall–Kier alpha value is -1.90. The monoisotopic (exact) mass is 212 g/mol. The number of pyridine rings is 2. The van der Waals surface area contributed by atoms with Crippen molar-refractivity contribution in [2.75, 3.05) is 0 Å². The van der Waals surface area contributed by atoms with Gasteiger partial charge in [0.15, 0.2) is 5.75 Å². The van der Waals surface area contributed by atoms with Gasteiger partial charge in [0.25, 0.3) is 0 Å². The van der Waals surface area contributed by atoms with Crippen LogP contribution in [0.3, 0.4) is 0 Å². The van der Waals surface area contributed by atoms with Gasteiger partial charge in [-0.25, -0.2) is 4.98 Å². The Morgan fingerprint density at radius 3 is 3.00 bits per heavy atom.